The summed E-state index contributed by atoms with van der Waals surface area (Å²) >= 11 is 0. The molecule has 3 amide bonds. The SMILES string of the molecule is O=C(Nc1ccccc1)N1CCC(C(=O)N2CC3CC4CC(C3)CC2C4)CC1. The largest absolute Gasteiger partial charge is 0.339 e. The lowest BCUT2D eigenvalue weighted by molar-refractivity contribution is -0.139. The fourth-order valence-corrected chi connectivity index (χ4v) is 6.34. The van der Waals surface area contributed by atoms with E-state index >= 15 is 0 Å². The first-order chi connectivity index (χ1) is 13.7. The fourth-order valence-electron chi connectivity index (χ4n) is 6.34. The predicted molar refractivity (Wildman–Crippen MR) is 109 cm³/mol. The summed E-state index contributed by atoms with van der Waals surface area (Å²) in [5, 5.41) is 2.96. The van der Waals surface area contributed by atoms with E-state index in [-0.39, 0.29) is 11.9 Å². The third-order valence-electron chi connectivity index (χ3n) is 7.55. The number of fused-ring (bicyclic) bond motifs is 1. The lowest BCUT2D eigenvalue weighted by Crippen LogP contribution is -2.49. The number of para-hydroxylation sites is 1. The molecule has 3 heterocycles. The Morgan fingerprint density at radius 1 is 0.857 bits per heavy atom. The number of nitrogens with one attached hydrogen (secondary N) is 1. The number of piperidine rings is 1. The lowest BCUT2D eigenvalue weighted by Gasteiger charge is -2.40. The summed E-state index contributed by atoms with van der Waals surface area (Å²) in [6, 6.07) is 10.0. The maximum absolute atomic E-state index is 13.3. The van der Waals surface area contributed by atoms with Crippen LogP contribution in [0.25, 0.3) is 0 Å². The first-order valence-corrected chi connectivity index (χ1v) is 11.1. The summed E-state index contributed by atoms with van der Waals surface area (Å²) in [5.74, 6) is 2.93. The van der Waals surface area contributed by atoms with Crippen LogP contribution >= 0.6 is 0 Å². The second-order valence-electron chi connectivity index (χ2n) is 9.48. The molecule has 6 rings (SSSR count). The molecular weight excluding hydrogens is 350 g/mol. The topological polar surface area (TPSA) is 52.7 Å². The van der Waals surface area contributed by atoms with Crippen LogP contribution in [0.5, 0.6) is 0 Å². The number of urea groups is 1. The Bertz CT molecular complexity index is 715. The molecule has 0 spiro atoms. The number of likely N-dealkylation sites (tertiary alicyclic amines) is 1. The van der Waals surface area contributed by atoms with Gasteiger partial charge in [-0.25, -0.2) is 4.79 Å². The number of anilines is 1. The molecule has 1 N–H and O–H groups in total. The van der Waals surface area contributed by atoms with E-state index in [0.717, 1.165) is 42.8 Å². The van der Waals surface area contributed by atoms with Crippen LogP contribution in [0.4, 0.5) is 10.5 Å². The zero-order chi connectivity index (χ0) is 19.1. The van der Waals surface area contributed by atoms with Gasteiger partial charge in [0.1, 0.15) is 0 Å². The van der Waals surface area contributed by atoms with Crippen LogP contribution in [-0.4, -0.2) is 47.4 Å². The molecule has 1 aromatic rings. The van der Waals surface area contributed by atoms with Crippen molar-refractivity contribution < 1.29 is 9.59 Å². The molecule has 150 valence electrons. The molecule has 5 fully saturated rings. The number of carbonyl (C=O) groups is 2. The standard InChI is InChI=1S/C23H31N3O2/c27-22(26-15-18-11-16-10-17(12-18)14-21(26)13-16)19-6-8-25(9-7-19)23(28)24-20-4-2-1-3-5-20/h1-5,16-19,21H,6-15H2,(H,24,28). The van der Waals surface area contributed by atoms with Gasteiger partial charge < -0.3 is 15.1 Å². The van der Waals surface area contributed by atoms with Gasteiger partial charge in [0, 0.05) is 37.3 Å². The summed E-state index contributed by atoms with van der Waals surface area (Å²) in [7, 11) is 0. The number of rotatable bonds is 2. The van der Waals surface area contributed by atoms with Gasteiger partial charge >= 0.3 is 6.03 Å². The Morgan fingerprint density at radius 3 is 2.18 bits per heavy atom. The number of amides is 3. The smallest absolute Gasteiger partial charge is 0.321 e. The highest BCUT2D eigenvalue weighted by atomic mass is 16.2. The van der Waals surface area contributed by atoms with Crippen LogP contribution in [0.15, 0.2) is 30.3 Å². The minimum Gasteiger partial charge on any atom is -0.339 e. The van der Waals surface area contributed by atoms with Crippen molar-refractivity contribution in [1.82, 2.24) is 9.80 Å². The number of hydrogen-bond acceptors (Lipinski definition) is 2. The fraction of sp³-hybridized carbons (Fsp3) is 0.652. The maximum atomic E-state index is 13.3. The van der Waals surface area contributed by atoms with E-state index in [1.54, 1.807) is 0 Å². The predicted octanol–water partition coefficient (Wildman–Crippen LogP) is 3.97. The average Bonchev–Trinajstić information content (AvgIpc) is 2.91. The van der Waals surface area contributed by atoms with Gasteiger partial charge in [-0.05, 0) is 74.8 Å². The first-order valence-electron chi connectivity index (χ1n) is 11.1. The molecule has 0 radical (unpaired) electrons. The zero-order valence-corrected chi connectivity index (χ0v) is 16.6. The van der Waals surface area contributed by atoms with Crippen molar-refractivity contribution in [3.63, 3.8) is 0 Å². The van der Waals surface area contributed by atoms with E-state index in [9.17, 15) is 9.59 Å². The van der Waals surface area contributed by atoms with Gasteiger partial charge in [-0.15, -0.1) is 0 Å². The highest BCUT2D eigenvalue weighted by Gasteiger charge is 2.45. The van der Waals surface area contributed by atoms with Gasteiger partial charge in [0.15, 0.2) is 0 Å². The van der Waals surface area contributed by atoms with Crippen molar-refractivity contribution in [2.24, 2.45) is 23.7 Å². The summed E-state index contributed by atoms with van der Waals surface area (Å²) in [5.41, 5.74) is 0.820. The minimum absolute atomic E-state index is 0.0529. The molecule has 4 bridgehead atoms. The third-order valence-corrected chi connectivity index (χ3v) is 7.55. The molecular formula is C23H31N3O2. The van der Waals surface area contributed by atoms with Gasteiger partial charge in [-0.1, -0.05) is 18.2 Å². The van der Waals surface area contributed by atoms with Crippen molar-refractivity contribution in [1.29, 1.82) is 0 Å². The highest BCUT2D eigenvalue weighted by molar-refractivity contribution is 5.89. The molecule has 3 aliphatic heterocycles. The van der Waals surface area contributed by atoms with Crippen molar-refractivity contribution in [3.8, 4) is 0 Å². The average molecular weight is 382 g/mol. The summed E-state index contributed by atoms with van der Waals surface area (Å²) in [6.45, 7) is 2.33. The second kappa shape index (κ2) is 7.41. The molecule has 5 aliphatic rings. The van der Waals surface area contributed by atoms with Crippen molar-refractivity contribution in [3.05, 3.63) is 30.3 Å². The molecule has 28 heavy (non-hydrogen) atoms. The van der Waals surface area contributed by atoms with E-state index in [2.05, 4.69) is 10.2 Å². The van der Waals surface area contributed by atoms with E-state index in [4.69, 9.17) is 0 Å². The number of carbonyl (C=O) groups excluding carboxylic acids is 2. The lowest BCUT2D eigenvalue weighted by atomic mass is 9.68. The van der Waals surface area contributed by atoms with Crippen LogP contribution < -0.4 is 5.32 Å². The van der Waals surface area contributed by atoms with Crippen molar-refractivity contribution in [2.75, 3.05) is 25.0 Å². The Balaban J connectivity index is 1.18. The highest BCUT2D eigenvalue weighted by Crippen LogP contribution is 2.47. The Morgan fingerprint density at radius 2 is 1.50 bits per heavy atom. The van der Waals surface area contributed by atoms with E-state index < -0.39 is 0 Å². The third kappa shape index (κ3) is 3.51. The Hall–Kier alpha value is -2.04. The Labute approximate surface area is 167 Å². The molecule has 2 atom stereocenters. The van der Waals surface area contributed by atoms with Crippen LogP contribution in [-0.2, 0) is 4.79 Å². The monoisotopic (exact) mass is 381 g/mol. The van der Waals surface area contributed by atoms with Crippen LogP contribution in [0.3, 0.4) is 0 Å². The zero-order valence-electron chi connectivity index (χ0n) is 16.6. The first kappa shape index (κ1) is 18.0. The van der Waals surface area contributed by atoms with Gasteiger partial charge in [-0.3, -0.25) is 4.79 Å². The molecule has 5 nitrogen and oxygen atoms in total. The van der Waals surface area contributed by atoms with Crippen LogP contribution in [0.1, 0.15) is 44.9 Å². The summed E-state index contributed by atoms with van der Waals surface area (Å²) in [6.07, 6.45) is 8.14. The molecule has 2 aliphatic carbocycles. The van der Waals surface area contributed by atoms with Gasteiger partial charge in [-0.2, -0.15) is 0 Å². The van der Waals surface area contributed by atoms with Crippen molar-refractivity contribution >= 4 is 17.6 Å². The molecule has 2 saturated carbocycles. The number of nitrogens with zero attached hydrogens (tertiary/aromatic N) is 2. The van der Waals surface area contributed by atoms with Gasteiger partial charge in [0.25, 0.3) is 0 Å². The van der Waals surface area contributed by atoms with Crippen LogP contribution in [0.2, 0.25) is 0 Å². The number of hydrogen-bond donors (Lipinski definition) is 1. The van der Waals surface area contributed by atoms with Crippen LogP contribution in [0, 0.1) is 23.7 Å². The Kier molecular flexibility index (Phi) is 4.77. The quantitative estimate of drug-likeness (QED) is 0.843. The molecule has 2 unspecified atom stereocenters. The normalized spacial score (nSPS) is 32.3. The molecule has 0 aromatic heterocycles. The minimum atomic E-state index is -0.0529. The van der Waals surface area contributed by atoms with Gasteiger partial charge in [0.05, 0.1) is 0 Å². The molecule has 1 aromatic carbocycles. The van der Waals surface area contributed by atoms with E-state index in [0.29, 0.717) is 25.0 Å². The molecule has 5 heteroatoms. The van der Waals surface area contributed by atoms with E-state index in [1.807, 2.05) is 35.2 Å². The maximum Gasteiger partial charge on any atom is 0.321 e. The molecule has 3 saturated heterocycles. The summed E-state index contributed by atoms with van der Waals surface area (Å²) < 4.78 is 0. The van der Waals surface area contributed by atoms with Gasteiger partial charge in [0.2, 0.25) is 5.91 Å². The summed E-state index contributed by atoms with van der Waals surface area (Å²) in [4.78, 5) is 30.0. The number of benzene rings is 1. The van der Waals surface area contributed by atoms with Crippen molar-refractivity contribution in [2.45, 2.75) is 51.0 Å². The van der Waals surface area contributed by atoms with E-state index in [1.165, 1.54) is 32.1 Å². The second-order valence-corrected chi connectivity index (χ2v) is 9.48.